The monoisotopic (exact) mass is 261 g/mol. The Hall–Kier alpha value is -1.35. The summed E-state index contributed by atoms with van der Waals surface area (Å²) in [7, 11) is 5.76. The molecule has 0 aromatic heterocycles. The number of aryl methyl sites for hydroxylation is 1. The zero-order valence-electron chi connectivity index (χ0n) is 12.3. The van der Waals surface area contributed by atoms with Crippen LogP contribution in [0.25, 0.3) is 0 Å². The maximum absolute atomic E-state index is 12.4. The molecule has 1 aliphatic carbocycles. The fourth-order valence-electron chi connectivity index (χ4n) is 2.81. The van der Waals surface area contributed by atoms with E-state index >= 15 is 0 Å². The lowest BCUT2D eigenvalue weighted by atomic mass is 9.68. The maximum atomic E-state index is 12.4. The first-order valence-corrected chi connectivity index (χ1v) is 6.83. The number of hydrogen-bond acceptors (Lipinski definition) is 3. The Labute approximate surface area is 115 Å². The van der Waals surface area contributed by atoms with E-state index in [1.54, 1.807) is 7.11 Å². The van der Waals surface area contributed by atoms with Crippen molar-refractivity contribution < 1.29 is 9.53 Å². The van der Waals surface area contributed by atoms with E-state index in [1.165, 1.54) is 5.56 Å². The van der Waals surface area contributed by atoms with Crippen LogP contribution >= 0.6 is 0 Å². The molecule has 0 N–H and O–H groups in total. The summed E-state index contributed by atoms with van der Waals surface area (Å²) < 4.78 is 5.31. The van der Waals surface area contributed by atoms with Gasteiger partial charge in [-0.3, -0.25) is 4.79 Å². The van der Waals surface area contributed by atoms with Crippen molar-refractivity contribution in [1.29, 1.82) is 0 Å². The molecule has 0 saturated carbocycles. The summed E-state index contributed by atoms with van der Waals surface area (Å²) >= 11 is 0. The zero-order valence-corrected chi connectivity index (χ0v) is 12.3. The molecular formula is C16H23NO2. The lowest BCUT2D eigenvalue weighted by molar-refractivity contribution is -0.125. The first-order valence-electron chi connectivity index (χ1n) is 6.83. The quantitative estimate of drug-likeness (QED) is 0.833. The second-order valence-corrected chi connectivity index (χ2v) is 5.83. The number of carbonyl (C=O) groups is 1. The standard InChI is InChI=1S/C16H23NO2/c1-16(9-10-17(2)3)14-11-13(19-4)7-5-12(14)6-8-15(16)18/h5,7,11H,6,8-10H2,1-4H3. The van der Waals surface area contributed by atoms with Crippen molar-refractivity contribution in [1.82, 2.24) is 4.90 Å². The van der Waals surface area contributed by atoms with E-state index in [0.717, 1.165) is 30.7 Å². The number of Topliss-reactive ketones (excluding diaryl/α,β-unsaturated/α-hetero) is 1. The number of methoxy groups -OCH3 is 1. The van der Waals surface area contributed by atoms with Gasteiger partial charge in [0.05, 0.1) is 12.5 Å². The van der Waals surface area contributed by atoms with Crippen molar-refractivity contribution in [3.63, 3.8) is 0 Å². The fraction of sp³-hybridized carbons (Fsp3) is 0.562. The fourth-order valence-corrected chi connectivity index (χ4v) is 2.81. The third kappa shape index (κ3) is 2.66. The van der Waals surface area contributed by atoms with Crippen molar-refractivity contribution in [2.75, 3.05) is 27.7 Å². The SMILES string of the molecule is COc1ccc2c(c1)C(C)(CCN(C)C)C(=O)CC2. The van der Waals surface area contributed by atoms with Gasteiger partial charge in [0, 0.05) is 6.42 Å². The summed E-state index contributed by atoms with van der Waals surface area (Å²) in [5.74, 6) is 1.19. The minimum atomic E-state index is -0.369. The molecule has 0 fully saturated rings. The molecule has 1 aromatic carbocycles. The highest BCUT2D eigenvalue weighted by Crippen LogP contribution is 2.39. The van der Waals surface area contributed by atoms with Crippen LogP contribution < -0.4 is 4.74 Å². The molecule has 19 heavy (non-hydrogen) atoms. The number of ketones is 1. The molecule has 3 nitrogen and oxygen atoms in total. The number of hydrogen-bond donors (Lipinski definition) is 0. The average molecular weight is 261 g/mol. The van der Waals surface area contributed by atoms with Crippen molar-refractivity contribution in [3.05, 3.63) is 29.3 Å². The van der Waals surface area contributed by atoms with E-state index in [0.29, 0.717) is 12.2 Å². The molecule has 0 radical (unpaired) electrons. The third-order valence-corrected chi connectivity index (χ3v) is 4.21. The molecule has 1 unspecified atom stereocenters. The highest BCUT2D eigenvalue weighted by molar-refractivity contribution is 5.92. The zero-order chi connectivity index (χ0) is 14.0. The molecule has 0 heterocycles. The first-order chi connectivity index (χ1) is 8.97. The van der Waals surface area contributed by atoms with Crippen LogP contribution in [0.5, 0.6) is 5.75 Å². The van der Waals surface area contributed by atoms with Gasteiger partial charge in [-0.1, -0.05) is 6.07 Å². The molecular weight excluding hydrogens is 238 g/mol. The van der Waals surface area contributed by atoms with Gasteiger partial charge >= 0.3 is 0 Å². The van der Waals surface area contributed by atoms with Crippen LogP contribution in [-0.2, 0) is 16.6 Å². The molecule has 0 amide bonds. The van der Waals surface area contributed by atoms with E-state index in [1.807, 2.05) is 26.2 Å². The molecule has 0 saturated heterocycles. The molecule has 1 atom stereocenters. The molecule has 104 valence electrons. The van der Waals surface area contributed by atoms with E-state index < -0.39 is 0 Å². The Bertz CT molecular complexity index is 482. The topological polar surface area (TPSA) is 29.5 Å². The smallest absolute Gasteiger partial charge is 0.143 e. The van der Waals surface area contributed by atoms with Crippen LogP contribution in [0.4, 0.5) is 0 Å². The van der Waals surface area contributed by atoms with Crippen molar-refractivity contribution >= 4 is 5.78 Å². The highest BCUT2D eigenvalue weighted by Gasteiger charge is 2.39. The summed E-state index contributed by atoms with van der Waals surface area (Å²) in [6.45, 7) is 3.00. The minimum Gasteiger partial charge on any atom is -0.497 e. The molecule has 2 rings (SSSR count). The van der Waals surface area contributed by atoms with Gasteiger partial charge in [-0.05, 0) is 63.7 Å². The van der Waals surface area contributed by atoms with E-state index in [2.05, 4.69) is 17.9 Å². The van der Waals surface area contributed by atoms with Crippen molar-refractivity contribution in [3.8, 4) is 5.75 Å². The predicted molar refractivity (Wildman–Crippen MR) is 76.8 cm³/mol. The molecule has 1 aliphatic rings. The Balaban J connectivity index is 2.40. The Morgan fingerprint density at radius 3 is 2.68 bits per heavy atom. The van der Waals surface area contributed by atoms with Crippen LogP contribution in [0.3, 0.4) is 0 Å². The van der Waals surface area contributed by atoms with Gasteiger partial charge in [0.2, 0.25) is 0 Å². The number of rotatable bonds is 4. The summed E-state index contributed by atoms with van der Waals surface area (Å²) in [5.41, 5.74) is 2.08. The van der Waals surface area contributed by atoms with Crippen LogP contribution in [-0.4, -0.2) is 38.4 Å². The largest absolute Gasteiger partial charge is 0.497 e. The van der Waals surface area contributed by atoms with E-state index in [-0.39, 0.29) is 5.41 Å². The summed E-state index contributed by atoms with van der Waals surface area (Å²) in [6.07, 6.45) is 2.37. The van der Waals surface area contributed by atoms with Crippen LogP contribution in [0.1, 0.15) is 30.9 Å². The van der Waals surface area contributed by atoms with Crippen molar-refractivity contribution in [2.45, 2.75) is 31.6 Å². The van der Waals surface area contributed by atoms with Gasteiger partial charge in [0.25, 0.3) is 0 Å². The highest BCUT2D eigenvalue weighted by atomic mass is 16.5. The number of nitrogens with zero attached hydrogens (tertiary/aromatic N) is 1. The van der Waals surface area contributed by atoms with Crippen LogP contribution in [0.15, 0.2) is 18.2 Å². The molecule has 0 spiro atoms. The molecule has 3 heteroatoms. The average Bonchev–Trinajstić information content (AvgIpc) is 2.41. The Morgan fingerprint density at radius 2 is 2.05 bits per heavy atom. The number of benzene rings is 1. The number of fused-ring (bicyclic) bond motifs is 1. The first kappa shape index (κ1) is 14.1. The van der Waals surface area contributed by atoms with Gasteiger partial charge in [0.1, 0.15) is 11.5 Å². The molecule has 0 bridgehead atoms. The number of ether oxygens (including phenoxy) is 1. The van der Waals surface area contributed by atoms with Gasteiger partial charge < -0.3 is 9.64 Å². The van der Waals surface area contributed by atoms with Crippen molar-refractivity contribution in [2.24, 2.45) is 0 Å². The second kappa shape index (κ2) is 5.33. The molecule has 1 aromatic rings. The second-order valence-electron chi connectivity index (χ2n) is 5.83. The lowest BCUT2D eigenvalue weighted by Crippen LogP contribution is -2.39. The Morgan fingerprint density at radius 1 is 1.32 bits per heavy atom. The molecule has 0 aliphatic heterocycles. The van der Waals surface area contributed by atoms with Gasteiger partial charge in [-0.25, -0.2) is 0 Å². The predicted octanol–water partition coefficient (Wildman–Crippen LogP) is 2.42. The van der Waals surface area contributed by atoms with E-state index in [9.17, 15) is 4.79 Å². The van der Waals surface area contributed by atoms with Crippen LogP contribution in [0, 0.1) is 0 Å². The number of carbonyl (C=O) groups excluding carboxylic acids is 1. The van der Waals surface area contributed by atoms with Crippen LogP contribution in [0.2, 0.25) is 0 Å². The van der Waals surface area contributed by atoms with Gasteiger partial charge in [0.15, 0.2) is 0 Å². The third-order valence-electron chi connectivity index (χ3n) is 4.21. The maximum Gasteiger partial charge on any atom is 0.143 e. The summed E-state index contributed by atoms with van der Waals surface area (Å²) in [6, 6.07) is 6.14. The Kier molecular flexibility index (Phi) is 3.95. The minimum absolute atomic E-state index is 0.357. The normalized spacial score (nSPS) is 22.5. The van der Waals surface area contributed by atoms with E-state index in [4.69, 9.17) is 4.74 Å². The summed E-state index contributed by atoms with van der Waals surface area (Å²) in [4.78, 5) is 14.6. The lowest BCUT2D eigenvalue weighted by Gasteiger charge is -2.35. The summed E-state index contributed by atoms with van der Waals surface area (Å²) in [5, 5.41) is 0. The van der Waals surface area contributed by atoms with Gasteiger partial charge in [-0.2, -0.15) is 0 Å². The van der Waals surface area contributed by atoms with Gasteiger partial charge in [-0.15, -0.1) is 0 Å².